The van der Waals surface area contributed by atoms with Crippen LogP contribution in [-0.2, 0) is 27.9 Å². The summed E-state index contributed by atoms with van der Waals surface area (Å²) in [5.41, 5.74) is 0.938. The molecule has 1 saturated heterocycles. The number of unbranched alkanes of at least 4 members (excludes halogenated alkanes) is 13. The molecule has 1 N–H and O–H groups in total. The molecule has 9 heteroatoms. The normalized spacial score (nSPS) is 18.4. The van der Waals surface area contributed by atoms with Crippen molar-refractivity contribution in [3.8, 4) is 0 Å². The molecule has 224 valence electrons. The van der Waals surface area contributed by atoms with Crippen LogP contribution in [0.5, 0.6) is 0 Å². The van der Waals surface area contributed by atoms with Crippen LogP contribution in [-0.4, -0.2) is 61.9 Å². The Kier molecular flexibility index (Phi) is 19.3. The third-order valence-electron chi connectivity index (χ3n) is 7.21. The first kappa shape index (κ1) is 35.1. The number of rotatable bonds is 24. The van der Waals surface area contributed by atoms with Gasteiger partial charge < -0.3 is 14.0 Å². The average molecular weight is 563 g/mol. The second kappa shape index (κ2) is 20.9. The average Bonchev–Trinajstić information content (AvgIpc) is 3.23. The summed E-state index contributed by atoms with van der Waals surface area (Å²) in [6.45, 7) is 5.33. The topological polar surface area (TPSA) is 91.3 Å². The fourth-order valence-electron chi connectivity index (χ4n) is 4.64. The molecule has 2 atom stereocenters. The van der Waals surface area contributed by atoms with Crippen LogP contribution in [0, 0.1) is 0 Å². The van der Waals surface area contributed by atoms with Crippen LogP contribution < -0.4 is 0 Å². The van der Waals surface area contributed by atoms with Gasteiger partial charge in [0, 0.05) is 25.9 Å². The van der Waals surface area contributed by atoms with Gasteiger partial charge in [-0.15, -0.1) is 0 Å². The molecule has 8 nitrogen and oxygen atoms in total. The maximum atomic E-state index is 12.3. The van der Waals surface area contributed by atoms with Crippen molar-refractivity contribution < 1.29 is 37.3 Å². The highest BCUT2D eigenvalue weighted by molar-refractivity contribution is 7.47. The lowest BCUT2D eigenvalue weighted by Crippen LogP contribution is -2.33. The molecule has 1 aliphatic heterocycles. The zero-order valence-electron chi connectivity index (χ0n) is 24.8. The van der Waals surface area contributed by atoms with Gasteiger partial charge in [0.25, 0.3) is 0 Å². The van der Waals surface area contributed by atoms with Gasteiger partial charge in [0.05, 0.1) is 33.9 Å². The van der Waals surface area contributed by atoms with E-state index in [1.54, 1.807) is 6.92 Å². The van der Waals surface area contributed by atoms with Gasteiger partial charge in [0.15, 0.2) is 6.26 Å². The van der Waals surface area contributed by atoms with E-state index in [0.29, 0.717) is 11.1 Å². The van der Waals surface area contributed by atoms with Crippen molar-refractivity contribution in [2.24, 2.45) is 0 Å². The molecule has 0 spiro atoms. The van der Waals surface area contributed by atoms with Crippen LogP contribution in [0.1, 0.15) is 123 Å². The molecule has 0 aromatic heterocycles. The Hall–Kier alpha value is -0.920. The van der Waals surface area contributed by atoms with E-state index < -0.39 is 19.9 Å². The summed E-state index contributed by atoms with van der Waals surface area (Å²) in [4.78, 5) is 21.9. The molecule has 1 aliphatic rings. The minimum absolute atomic E-state index is 0.120. The maximum absolute atomic E-state index is 12.3. The molecule has 0 radical (unpaired) electrons. The van der Waals surface area contributed by atoms with E-state index in [1.165, 1.54) is 83.3 Å². The predicted molar refractivity (Wildman–Crippen MR) is 152 cm³/mol. The summed E-state index contributed by atoms with van der Waals surface area (Å²) in [6.07, 6.45) is 20.8. The van der Waals surface area contributed by atoms with Crippen molar-refractivity contribution in [2.45, 2.75) is 129 Å². The first-order valence-corrected chi connectivity index (χ1v) is 16.6. The van der Waals surface area contributed by atoms with Crippen LogP contribution in [0.3, 0.4) is 0 Å². The zero-order chi connectivity index (χ0) is 28.1. The van der Waals surface area contributed by atoms with E-state index in [4.69, 9.17) is 18.5 Å². The Bertz CT molecular complexity index is 698. The molecule has 0 saturated carbocycles. The molecule has 0 amide bonds. The van der Waals surface area contributed by atoms with Crippen LogP contribution in [0.2, 0.25) is 0 Å². The summed E-state index contributed by atoms with van der Waals surface area (Å²) in [5.74, 6) is -0.403. The van der Waals surface area contributed by atoms with Gasteiger partial charge in [0.1, 0.15) is 11.8 Å². The van der Waals surface area contributed by atoms with Crippen LogP contribution >= 0.6 is 7.82 Å². The first-order chi connectivity index (χ1) is 18.2. The van der Waals surface area contributed by atoms with Gasteiger partial charge >= 0.3 is 13.8 Å². The Morgan fingerprint density at radius 3 is 1.97 bits per heavy atom. The van der Waals surface area contributed by atoms with Crippen LogP contribution in [0.25, 0.3) is 0 Å². The van der Waals surface area contributed by atoms with Crippen molar-refractivity contribution >= 4 is 13.8 Å². The van der Waals surface area contributed by atoms with Crippen LogP contribution in [0.15, 0.2) is 12.0 Å². The first-order valence-electron chi connectivity index (χ1n) is 15.2. The molecule has 0 aliphatic carbocycles. The number of carbonyl (C=O) groups is 1. The molecular formula is C29H57NO7P+. The summed E-state index contributed by atoms with van der Waals surface area (Å²) < 4.78 is 34.2. The Morgan fingerprint density at radius 2 is 1.47 bits per heavy atom. The third kappa shape index (κ3) is 17.6. The number of allylic oxidation sites excluding steroid dienone is 1. The SMILES string of the molecule is CCCCCCCCCCCCCCCCOCC(COP(=O)(O)OC=C1CCC[N+]1(C)C)OC(=O)CC. The summed E-state index contributed by atoms with van der Waals surface area (Å²) in [6, 6.07) is 0. The van der Waals surface area contributed by atoms with Gasteiger partial charge in [0.2, 0.25) is 0 Å². The fraction of sp³-hybridized carbons (Fsp3) is 0.897. The second-order valence-electron chi connectivity index (χ2n) is 11.1. The number of nitrogens with zero attached hydrogens (tertiary/aromatic N) is 1. The molecule has 38 heavy (non-hydrogen) atoms. The maximum Gasteiger partial charge on any atom is 0.527 e. The molecule has 1 heterocycles. The van der Waals surface area contributed by atoms with E-state index in [2.05, 4.69) is 6.92 Å². The molecule has 0 aromatic rings. The largest absolute Gasteiger partial charge is 0.527 e. The standard InChI is InChI=1S/C29H56NO7P/c1-5-7-8-9-10-11-12-13-14-15-16-17-18-19-23-34-25-28(37-29(31)6-2)26-36-38(32,33)35-24-27-21-20-22-30(27,3)4/h24,28H,5-23,25-26H2,1-4H3/p+1. The molecule has 2 unspecified atom stereocenters. The molecule has 1 fully saturated rings. The van der Waals surface area contributed by atoms with Crippen LogP contribution in [0.4, 0.5) is 0 Å². The Balaban J connectivity index is 2.15. The van der Waals surface area contributed by atoms with Crippen molar-refractivity contribution in [1.82, 2.24) is 0 Å². The minimum atomic E-state index is -4.32. The van der Waals surface area contributed by atoms with E-state index in [-0.39, 0.29) is 19.6 Å². The number of esters is 1. The van der Waals surface area contributed by atoms with E-state index in [9.17, 15) is 14.3 Å². The molecule has 1 rings (SSSR count). The lowest BCUT2D eigenvalue weighted by Gasteiger charge is -2.24. The van der Waals surface area contributed by atoms with Crippen molar-refractivity contribution in [3.63, 3.8) is 0 Å². The number of quaternary nitrogens is 1. The third-order valence-corrected chi connectivity index (χ3v) is 8.05. The summed E-state index contributed by atoms with van der Waals surface area (Å²) in [5, 5.41) is 0. The fourth-order valence-corrected chi connectivity index (χ4v) is 5.31. The van der Waals surface area contributed by atoms with Gasteiger partial charge in [-0.1, -0.05) is 97.3 Å². The van der Waals surface area contributed by atoms with E-state index in [1.807, 2.05) is 14.1 Å². The van der Waals surface area contributed by atoms with E-state index in [0.717, 1.165) is 37.9 Å². The quantitative estimate of drug-likeness (QED) is 0.0425. The minimum Gasteiger partial charge on any atom is -0.457 e. The number of hydrogen-bond donors (Lipinski definition) is 1. The second-order valence-corrected chi connectivity index (χ2v) is 12.5. The number of ether oxygens (including phenoxy) is 2. The Morgan fingerprint density at radius 1 is 0.921 bits per heavy atom. The lowest BCUT2D eigenvalue weighted by molar-refractivity contribution is -0.843. The highest BCUT2D eigenvalue weighted by Gasteiger charge is 2.31. The van der Waals surface area contributed by atoms with Gasteiger partial charge in [-0.25, -0.2) is 4.57 Å². The lowest BCUT2D eigenvalue weighted by atomic mass is 10.0. The highest BCUT2D eigenvalue weighted by Crippen LogP contribution is 2.45. The monoisotopic (exact) mass is 562 g/mol. The van der Waals surface area contributed by atoms with Gasteiger partial charge in [-0.3, -0.25) is 18.7 Å². The number of carbonyl (C=O) groups excluding carboxylic acids is 1. The number of hydrogen-bond acceptors (Lipinski definition) is 6. The zero-order valence-corrected chi connectivity index (χ0v) is 25.7. The molecule has 0 aromatic carbocycles. The molecule has 0 bridgehead atoms. The molecular weight excluding hydrogens is 505 g/mol. The van der Waals surface area contributed by atoms with Crippen molar-refractivity contribution in [3.05, 3.63) is 12.0 Å². The Labute approximate surface area is 232 Å². The van der Waals surface area contributed by atoms with Crippen molar-refractivity contribution in [1.29, 1.82) is 0 Å². The smallest absolute Gasteiger partial charge is 0.457 e. The van der Waals surface area contributed by atoms with E-state index >= 15 is 0 Å². The van der Waals surface area contributed by atoms with Gasteiger partial charge in [-0.05, 0) is 6.42 Å². The number of phosphoric acid groups is 1. The van der Waals surface area contributed by atoms with Crippen molar-refractivity contribution in [2.75, 3.05) is 40.5 Å². The highest BCUT2D eigenvalue weighted by atomic mass is 31.2. The van der Waals surface area contributed by atoms with Gasteiger partial charge in [-0.2, -0.15) is 0 Å². The summed E-state index contributed by atoms with van der Waals surface area (Å²) in [7, 11) is -0.259. The number of phosphoric ester groups is 1. The summed E-state index contributed by atoms with van der Waals surface area (Å²) >= 11 is 0. The number of likely N-dealkylation sites (tertiary alicyclic amines) is 1. The predicted octanol–water partition coefficient (Wildman–Crippen LogP) is 7.65.